The highest BCUT2D eigenvalue weighted by molar-refractivity contribution is 5.76. The van der Waals surface area contributed by atoms with E-state index in [0.717, 1.165) is 16.8 Å². The summed E-state index contributed by atoms with van der Waals surface area (Å²) < 4.78 is 41.9. The van der Waals surface area contributed by atoms with Gasteiger partial charge in [0.15, 0.2) is 6.23 Å². The number of ether oxygens (including phenoxy) is 1. The molecule has 0 aromatic heterocycles. The van der Waals surface area contributed by atoms with Crippen molar-refractivity contribution in [2.24, 2.45) is 0 Å². The van der Waals surface area contributed by atoms with Gasteiger partial charge < -0.3 is 9.64 Å². The number of rotatable bonds is 1. The zero-order valence-electron chi connectivity index (χ0n) is 12.3. The van der Waals surface area contributed by atoms with Crippen LogP contribution in [0.5, 0.6) is 0 Å². The number of esters is 1. The lowest BCUT2D eigenvalue weighted by atomic mass is 10.1. The zero-order chi connectivity index (χ0) is 16.1. The van der Waals surface area contributed by atoms with Crippen LogP contribution in [0, 0.1) is 6.92 Å². The van der Waals surface area contributed by atoms with Crippen LogP contribution in [-0.4, -0.2) is 37.0 Å². The highest BCUT2D eigenvalue weighted by Gasteiger charge is 2.47. The van der Waals surface area contributed by atoms with Crippen molar-refractivity contribution in [2.45, 2.75) is 44.8 Å². The Morgan fingerprint density at radius 3 is 2.82 bits per heavy atom. The monoisotopic (exact) mass is 314 g/mol. The van der Waals surface area contributed by atoms with E-state index in [1.807, 2.05) is 32.0 Å². The number of carbonyl (C=O) groups excluding carboxylic acids is 1. The second-order valence-electron chi connectivity index (χ2n) is 5.89. The number of fused-ring (bicyclic) bond motifs is 3. The molecule has 2 heterocycles. The van der Waals surface area contributed by atoms with Gasteiger partial charge in [0.25, 0.3) is 0 Å². The average Bonchev–Trinajstić information content (AvgIpc) is 2.80. The third-order valence-electron chi connectivity index (χ3n) is 4.20. The van der Waals surface area contributed by atoms with Crippen LogP contribution in [0.2, 0.25) is 0 Å². The molecule has 1 unspecified atom stereocenters. The molecule has 2 aliphatic rings. The van der Waals surface area contributed by atoms with Crippen LogP contribution in [0.3, 0.4) is 0 Å². The van der Waals surface area contributed by atoms with Crippen LogP contribution in [-0.2, 0) is 16.0 Å². The summed E-state index contributed by atoms with van der Waals surface area (Å²) in [4.78, 5) is 13.2. The molecule has 0 spiro atoms. The molecule has 22 heavy (non-hydrogen) atoms. The minimum absolute atomic E-state index is 0.120. The van der Waals surface area contributed by atoms with Crippen molar-refractivity contribution in [1.82, 2.24) is 5.32 Å². The minimum Gasteiger partial charge on any atom is -0.438 e. The molecule has 4 nitrogen and oxygen atoms in total. The number of hydrogen-bond donors (Lipinski definition) is 1. The van der Waals surface area contributed by atoms with E-state index in [-0.39, 0.29) is 12.1 Å². The summed E-state index contributed by atoms with van der Waals surface area (Å²) in [7, 11) is 0. The normalized spacial score (nSPS) is 27.3. The zero-order valence-corrected chi connectivity index (χ0v) is 12.3. The van der Waals surface area contributed by atoms with Crippen LogP contribution in [0.1, 0.15) is 18.1 Å². The van der Waals surface area contributed by atoms with E-state index in [1.165, 1.54) is 0 Å². The van der Waals surface area contributed by atoms with Crippen molar-refractivity contribution in [3.8, 4) is 0 Å². The summed E-state index contributed by atoms with van der Waals surface area (Å²) in [6.07, 6.45) is -5.38. The fourth-order valence-corrected chi connectivity index (χ4v) is 3.27. The molecule has 120 valence electrons. The third kappa shape index (κ3) is 2.54. The molecule has 0 bridgehead atoms. The largest absolute Gasteiger partial charge is 0.490 e. The van der Waals surface area contributed by atoms with Crippen LogP contribution < -0.4 is 10.2 Å². The van der Waals surface area contributed by atoms with Crippen LogP contribution in [0.4, 0.5) is 18.9 Å². The molecule has 2 aliphatic heterocycles. The molecule has 0 amide bonds. The molecule has 3 rings (SSSR count). The first-order valence-electron chi connectivity index (χ1n) is 7.16. The third-order valence-corrected chi connectivity index (χ3v) is 4.20. The molecular formula is C15H17F3N2O2. The number of halogens is 3. The molecule has 0 saturated carbocycles. The molecule has 0 aliphatic carbocycles. The van der Waals surface area contributed by atoms with Gasteiger partial charge in [0.05, 0.1) is 6.04 Å². The van der Waals surface area contributed by atoms with Gasteiger partial charge in [-0.05, 0) is 31.9 Å². The Morgan fingerprint density at radius 1 is 1.41 bits per heavy atom. The number of benzene rings is 1. The summed E-state index contributed by atoms with van der Waals surface area (Å²) in [5, 5.41) is 2.91. The highest BCUT2D eigenvalue weighted by Crippen LogP contribution is 2.38. The molecule has 7 heteroatoms. The Hall–Kier alpha value is -1.76. The summed E-state index contributed by atoms with van der Waals surface area (Å²) in [5.41, 5.74) is 3.19. The van der Waals surface area contributed by atoms with Gasteiger partial charge in [0.1, 0.15) is 0 Å². The van der Waals surface area contributed by atoms with Crippen molar-refractivity contribution < 1.29 is 22.7 Å². The molecule has 1 fully saturated rings. The van der Waals surface area contributed by atoms with Gasteiger partial charge in [-0.3, -0.25) is 5.32 Å². The van der Waals surface area contributed by atoms with Gasteiger partial charge >= 0.3 is 12.1 Å². The number of nitrogens with one attached hydrogen (secondary N) is 1. The van der Waals surface area contributed by atoms with E-state index >= 15 is 0 Å². The van der Waals surface area contributed by atoms with E-state index in [9.17, 15) is 18.0 Å². The van der Waals surface area contributed by atoms with Gasteiger partial charge in [0, 0.05) is 18.3 Å². The number of anilines is 1. The Labute approximate surface area is 126 Å². The topological polar surface area (TPSA) is 41.6 Å². The summed E-state index contributed by atoms with van der Waals surface area (Å²) in [6.45, 7) is 4.43. The molecular weight excluding hydrogens is 297 g/mol. The second kappa shape index (κ2) is 5.15. The Bertz CT molecular complexity index is 603. The predicted molar refractivity (Wildman–Crippen MR) is 74.5 cm³/mol. The lowest BCUT2D eigenvalue weighted by Crippen LogP contribution is -2.62. The number of alkyl halides is 3. The first kappa shape index (κ1) is 15.1. The predicted octanol–water partition coefficient (Wildman–Crippen LogP) is 2.15. The van der Waals surface area contributed by atoms with Gasteiger partial charge in [0.2, 0.25) is 0 Å². The number of carbonyl (C=O) groups is 1. The standard InChI is InChI=1S/C15H17F3N2O2/c1-8-3-4-11-10(5-8)6-12-13(19-7-9(2)20(11)12)22-14(21)15(16,17)18/h3-5,9,12-13,19H,6-7H2,1-2H3/t9-,12-,13?/m1/s1. The van der Waals surface area contributed by atoms with Gasteiger partial charge in [-0.1, -0.05) is 17.7 Å². The maximum Gasteiger partial charge on any atom is 0.490 e. The molecule has 1 aromatic rings. The van der Waals surface area contributed by atoms with Crippen LogP contribution >= 0.6 is 0 Å². The molecule has 0 radical (unpaired) electrons. The lowest BCUT2D eigenvalue weighted by Gasteiger charge is -2.42. The van der Waals surface area contributed by atoms with Gasteiger partial charge in [-0.2, -0.15) is 13.2 Å². The number of nitrogens with zero attached hydrogens (tertiary/aromatic N) is 1. The smallest absolute Gasteiger partial charge is 0.438 e. The Morgan fingerprint density at radius 2 is 2.14 bits per heavy atom. The van der Waals surface area contributed by atoms with E-state index in [2.05, 4.69) is 15.0 Å². The van der Waals surface area contributed by atoms with Gasteiger partial charge in [-0.15, -0.1) is 0 Å². The minimum atomic E-state index is -4.97. The van der Waals surface area contributed by atoms with Crippen molar-refractivity contribution in [2.75, 3.05) is 11.4 Å². The highest BCUT2D eigenvalue weighted by atomic mass is 19.4. The second-order valence-corrected chi connectivity index (χ2v) is 5.89. The molecule has 1 N–H and O–H groups in total. The molecule has 1 aromatic carbocycles. The van der Waals surface area contributed by atoms with Gasteiger partial charge in [-0.25, -0.2) is 4.79 Å². The Balaban J connectivity index is 1.85. The fourth-order valence-electron chi connectivity index (χ4n) is 3.27. The first-order valence-corrected chi connectivity index (χ1v) is 7.16. The van der Waals surface area contributed by atoms with Crippen LogP contribution in [0.15, 0.2) is 18.2 Å². The first-order chi connectivity index (χ1) is 10.3. The van der Waals surface area contributed by atoms with E-state index in [4.69, 9.17) is 0 Å². The lowest BCUT2D eigenvalue weighted by molar-refractivity contribution is -0.208. The average molecular weight is 314 g/mol. The van der Waals surface area contributed by atoms with Crippen molar-refractivity contribution in [3.63, 3.8) is 0 Å². The van der Waals surface area contributed by atoms with Crippen molar-refractivity contribution >= 4 is 11.7 Å². The number of hydrogen-bond acceptors (Lipinski definition) is 4. The fraction of sp³-hybridized carbons (Fsp3) is 0.533. The van der Waals surface area contributed by atoms with E-state index in [1.54, 1.807) is 0 Å². The van der Waals surface area contributed by atoms with E-state index in [0.29, 0.717) is 13.0 Å². The SMILES string of the molecule is Cc1ccc2c(c1)C[C@@H]1C(OC(=O)C(F)(F)F)NC[C@@H](C)N21. The quantitative estimate of drug-likeness (QED) is 0.807. The number of piperazine rings is 1. The maximum absolute atomic E-state index is 12.4. The molecule has 3 atom stereocenters. The summed E-state index contributed by atoms with van der Waals surface area (Å²) >= 11 is 0. The molecule has 1 saturated heterocycles. The van der Waals surface area contributed by atoms with Crippen LogP contribution in [0.25, 0.3) is 0 Å². The van der Waals surface area contributed by atoms with E-state index < -0.39 is 18.4 Å². The van der Waals surface area contributed by atoms with Crippen molar-refractivity contribution in [1.29, 1.82) is 0 Å². The summed E-state index contributed by atoms with van der Waals surface area (Å²) in [6, 6.07) is 5.80. The maximum atomic E-state index is 12.4. The Kier molecular flexibility index (Phi) is 3.55. The summed E-state index contributed by atoms with van der Waals surface area (Å²) in [5.74, 6) is -2.15. The van der Waals surface area contributed by atoms with Crippen molar-refractivity contribution in [3.05, 3.63) is 29.3 Å². The number of aryl methyl sites for hydroxylation is 1.